The molecule has 0 aromatic carbocycles. The summed E-state index contributed by atoms with van der Waals surface area (Å²) in [5.41, 5.74) is 5.73. The molecule has 1 heterocycles. The molecular formula is C10H17ClF2N2O. The van der Waals surface area contributed by atoms with Crippen molar-refractivity contribution in [1.82, 2.24) is 4.90 Å². The minimum absolute atomic E-state index is 0. The average Bonchev–Trinajstić information content (AvgIpc) is 2.13. The minimum atomic E-state index is -2.61. The molecule has 6 heteroatoms. The molecule has 16 heavy (non-hydrogen) atoms. The van der Waals surface area contributed by atoms with Gasteiger partial charge in [-0.15, -0.1) is 12.4 Å². The Bertz CT molecular complexity index is 268. The third-order valence-electron chi connectivity index (χ3n) is 3.21. The summed E-state index contributed by atoms with van der Waals surface area (Å²) in [6.07, 6.45) is 1.25. The Balaban J connectivity index is 0.00000128. The highest BCUT2D eigenvalue weighted by molar-refractivity contribution is 5.85. The smallest absolute Gasteiger partial charge is 0.249 e. The standard InChI is InChI=1S/C10H16F2N2O.ClH/c11-10(12)4-7(5-10)9(15)14-3-1-2-8(13)6-14;/h7-8H,1-6,13H2;1H/t8-;/m1./s1. The molecule has 2 aliphatic rings. The predicted octanol–water partition coefficient (Wildman–Crippen LogP) is 1.40. The van der Waals surface area contributed by atoms with E-state index in [1.54, 1.807) is 4.90 Å². The maximum atomic E-state index is 12.6. The number of alkyl halides is 2. The van der Waals surface area contributed by atoms with Gasteiger partial charge in [0.1, 0.15) is 0 Å². The van der Waals surface area contributed by atoms with Crippen LogP contribution in [0.1, 0.15) is 25.7 Å². The molecule has 0 radical (unpaired) electrons. The van der Waals surface area contributed by atoms with Crippen LogP contribution in [0.15, 0.2) is 0 Å². The van der Waals surface area contributed by atoms with E-state index >= 15 is 0 Å². The highest BCUT2D eigenvalue weighted by Gasteiger charge is 2.49. The predicted molar refractivity (Wildman–Crippen MR) is 58.7 cm³/mol. The molecule has 1 saturated heterocycles. The Kier molecular flexibility index (Phi) is 4.12. The van der Waals surface area contributed by atoms with Crippen LogP contribution in [0.25, 0.3) is 0 Å². The lowest BCUT2D eigenvalue weighted by Crippen LogP contribution is -2.52. The van der Waals surface area contributed by atoms with Gasteiger partial charge in [0.15, 0.2) is 0 Å². The number of halogens is 3. The summed E-state index contributed by atoms with van der Waals surface area (Å²) in [6, 6.07) is 0.0169. The number of nitrogens with zero attached hydrogens (tertiary/aromatic N) is 1. The van der Waals surface area contributed by atoms with Crippen LogP contribution in [-0.4, -0.2) is 35.9 Å². The second kappa shape index (κ2) is 4.84. The number of likely N-dealkylation sites (tertiary alicyclic amines) is 1. The van der Waals surface area contributed by atoms with Gasteiger partial charge >= 0.3 is 0 Å². The lowest BCUT2D eigenvalue weighted by atomic mass is 9.80. The van der Waals surface area contributed by atoms with Crippen LogP contribution >= 0.6 is 12.4 Å². The van der Waals surface area contributed by atoms with Crippen LogP contribution in [-0.2, 0) is 4.79 Å². The van der Waals surface area contributed by atoms with Crippen molar-refractivity contribution in [3.05, 3.63) is 0 Å². The molecule has 2 N–H and O–H groups in total. The van der Waals surface area contributed by atoms with Crippen molar-refractivity contribution in [3.8, 4) is 0 Å². The van der Waals surface area contributed by atoms with Crippen molar-refractivity contribution in [2.45, 2.75) is 37.6 Å². The van der Waals surface area contributed by atoms with E-state index in [0.29, 0.717) is 13.1 Å². The number of carbonyl (C=O) groups is 1. The molecule has 94 valence electrons. The Morgan fingerprint density at radius 1 is 1.38 bits per heavy atom. The summed E-state index contributed by atoms with van der Waals surface area (Å²) in [6.45, 7) is 1.20. The molecule has 0 unspecified atom stereocenters. The number of nitrogens with two attached hydrogens (primary N) is 1. The molecule has 1 aliphatic heterocycles. The van der Waals surface area contributed by atoms with Gasteiger partial charge in [-0.2, -0.15) is 0 Å². The van der Waals surface area contributed by atoms with E-state index in [1.807, 2.05) is 0 Å². The highest BCUT2D eigenvalue weighted by atomic mass is 35.5. The van der Waals surface area contributed by atoms with Gasteiger partial charge in [0, 0.05) is 37.9 Å². The zero-order valence-electron chi connectivity index (χ0n) is 8.99. The fraction of sp³-hybridized carbons (Fsp3) is 0.900. The van der Waals surface area contributed by atoms with Crippen LogP contribution in [0.2, 0.25) is 0 Å². The van der Waals surface area contributed by atoms with E-state index in [4.69, 9.17) is 5.73 Å². The molecule has 0 aromatic heterocycles. The van der Waals surface area contributed by atoms with Crippen molar-refractivity contribution < 1.29 is 13.6 Å². The summed E-state index contributed by atoms with van der Waals surface area (Å²) < 4.78 is 25.2. The molecule has 3 nitrogen and oxygen atoms in total. The molecule has 0 bridgehead atoms. The molecule has 0 aromatic rings. The summed E-state index contributed by atoms with van der Waals surface area (Å²) >= 11 is 0. The van der Waals surface area contributed by atoms with Gasteiger partial charge in [0.2, 0.25) is 11.8 Å². The van der Waals surface area contributed by atoms with Gasteiger partial charge < -0.3 is 10.6 Å². The SMILES string of the molecule is Cl.N[C@@H]1CCCN(C(=O)C2CC(F)(F)C2)C1. The first-order valence-corrected chi connectivity index (χ1v) is 5.40. The van der Waals surface area contributed by atoms with Crippen LogP contribution in [0.5, 0.6) is 0 Å². The number of carbonyl (C=O) groups excluding carboxylic acids is 1. The summed E-state index contributed by atoms with van der Waals surface area (Å²) in [7, 11) is 0. The molecule has 1 amide bonds. The van der Waals surface area contributed by atoms with Crippen LogP contribution in [0.3, 0.4) is 0 Å². The van der Waals surface area contributed by atoms with E-state index in [0.717, 1.165) is 12.8 Å². The lowest BCUT2D eigenvalue weighted by molar-refractivity contribution is -0.160. The monoisotopic (exact) mass is 254 g/mol. The van der Waals surface area contributed by atoms with E-state index in [2.05, 4.69) is 0 Å². The van der Waals surface area contributed by atoms with E-state index in [9.17, 15) is 13.6 Å². The first kappa shape index (κ1) is 13.6. The van der Waals surface area contributed by atoms with Crippen LogP contribution in [0.4, 0.5) is 8.78 Å². The third kappa shape index (κ3) is 2.83. The van der Waals surface area contributed by atoms with Crippen molar-refractivity contribution in [2.24, 2.45) is 11.7 Å². The minimum Gasteiger partial charge on any atom is -0.341 e. The molecule has 2 rings (SSSR count). The first-order chi connectivity index (χ1) is 6.98. The Hall–Kier alpha value is -0.420. The summed E-state index contributed by atoms with van der Waals surface area (Å²) in [4.78, 5) is 13.4. The van der Waals surface area contributed by atoms with Crippen molar-refractivity contribution in [1.29, 1.82) is 0 Å². The van der Waals surface area contributed by atoms with Crippen molar-refractivity contribution in [2.75, 3.05) is 13.1 Å². The quantitative estimate of drug-likeness (QED) is 0.769. The van der Waals surface area contributed by atoms with Gasteiger partial charge in [-0.1, -0.05) is 0 Å². The highest BCUT2D eigenvalue weighted by Crippen LogP contribution is 2.43. The van der Waals surface area contributed by atoms with Crippen LogP contribution < -0.4 is 5.73 Å². The fourth-order valence-electron chi connectivity index (χ4n) is 2.30. The zero-order chi connectivity index (χ0) is 11.1. The topological polar surface area (TPSA) is 46.3 Å². The molecule has 0 spiro atoms. The molecule has 1 aliphatic carbocycles. The second-order valence-electron chi connectivity index (χ2n) is 4.65. The molecule has 1 atom stereocenters. The fourth-order valence-corrected chi connectivity index (χ4v) is 2.30. The van der Waals surface area contributed by atoms with E-state index in [-0.39, 0.29) is 37.2 Å². The van der Waals surface area contributed by atoms with Crippen LogP contribution in [0, 0.1) is 5.92 Å². The first-order valence-electron chi connectivity index (χ1n) is 5.40. The largest absolute Gasteiger partial charge is 0.341 e. The van der Waals surface area contributed by atoms with Gasteiger partial charge in [-0.3, -0.25) is 4.79 Å². The van der Waals surface area contributed by atoms with Gasteiger partial charge in [0.25, 0.3) is 0 Å². The number of piperidine rings is 1. The van der Waals surface area contributed by atoms with Crippen molar-refractivity contribution >= 4 is 18.3 Å². The normalized spacial score (nSPS) is 29.2. The molecule has 2 fully saturated rings. The van der Waals surface area contributed by atoms with Crippen molar-refractivity contribution in [3.63, 3.8) is 0 Å². The Morgan fingerprint density at radius 2 is 2.00 bits per heavy atom. The number of rotatable bonds is 1. The number of hydrogen-bond acceptors (Lipinski definition) is 2. The number of hydrogen-bond donors (Lipinski definition) is 1. The average molecular weight is 255 g/mol. The second-order valence-corrected chi connectivity index (χ2v) is 4.65. The zero-order valence-corrected chi connectivity index (χ0v) is 9.81. The molecule has 1 saturated carbocycles. The van der Waals surface area contributed by atoms with Gasteiger partial charge in [0.05, 0.1) is 0 Å². The van der Waals surface area contributed by atoms with E-state index < -0.39 is 11.8 Å². The molecular weight excluding hydrogens is 238 g/mol. The summed E-state index contributed by atoms with van der Waals surface area (Å²) in [5, 5.41) is 0. The van der Waals surface area contributed by atoms with E-state index in [1.165, 1.54) is 0 Å². The van der Waals surface area contributed by atoms with Gasteiger partial charge in [-0.25, -0.2) is 8.78 Å². The maximum Gasteiger partial charge on any atom is 0.249 e. The Labute approximate surface area is 99.8 Å². The maximum absolute atomic E-state index is 12.6. The number of amides is 1. The lowest BCUT2D eigenvalue weighted by Gasteiger charge is -2.39. The summed E-state index contributed by atoms with van der Waals surface area (Å²) in [5.74, 6) is -3.21. The Morgan fingerprint density at radius 3 is 2.50 bits per heavy atom. The van der Waals surface area contributed by atoms with Gasteiger partial charge in [-0.05, 0) is 12.8 Å². The third-order valence-corrected chi connectivity index (χ3v) is 3.21.